The number of nitrogens with two attached hydrogens (primary N) is 1. The van der Waals surface area contributed by atoms with Gasteiger partial charge in [-0.25, -0.2) is 8.78 Å². The molecule has 70 valence electrons. The van der Waals surface area contributed by atoms with Crippen LogP contribution in [0.25, 0.3) is 0 Å². The van der Waals surface area contributed by atoms with Crippen LogP contribution in [0.15, 0.2) is 4.99 Å². The van der Waals surface area contributed by atoms with Gasteiger partial charge in [-0.1, -0.05) is 0 Å². The molecule has 0 aliphatic carbocycles. The lowest BCUT2D eigenvalue weighted by molar-refractivity contribution is -0.0469. The van der Waals surface area contributed by atoms with Crippen LogP contribution < -0.4 is 5.73 Å². The van der Waals surface area contributed by atoms with Crippen LogP contribution in [0, 0.1) is 0 Å². The largest absolute Gasteiger partial charge is 0.370 e. The number of likely N-dealkylation sites (tertiary alicyclic amines) is 1. The Bertz CT molecular complexity index is 191. The van der Waals surface area contributed by atoms with Gasteiger partial charge in [0.15, 0.2) is 5.96 Å². The van der Waals surface area contributed by atoms with E-state index in [1.165, 1.54) is 11.9 Å². The summed E-state index contributed by atoms with van der Waals surface area (Å²) >= 11 is 0. The molecule has 0 saturated carbocycles. The second kappa shape index (κ2) is 3.25. The summed E-state index contributed by atoms with van der Waals surface area (Å²) < 4.78 is 25.6. The van der Waals surface area contributed by atoms with E-state index < -0.39 is 5.92 Å². The zero-order chi connectivity index (χ0) is 9.19. The van der Waals surface area contributed by atoms with E-state index in [0.717, 1.165) is 0 Å². The molecule has 0 aromatic carbocycles. The third kappa shape index (κ3) is 2.06. The van der Waals surface area contributed by atoms with Crippen molar-refractivity contribution in [2.24, 2.45) is 10.7 Å². The molecule has 12 heavy (non-hydrogen) atoms. The molecule has 0 bridgehead atoms. The van der Waals surface area contributed by atoms with Gasteiger partial charge in [0.05, 0.1) is 6.54 Å². The number of piperidine rings is 1. The van der Waals surface area contributed by atoms with Crippen molar-refractivity contribution >= 4 is 5.96 Å². The molecule has 0 atom stereocenters. The Morgan fingerprint density at radius 1 is 1.58 bits per heavy atom. The number of aliphatic imine (C=N–C) groups is 1. The lowest BCUT2D eigenvalue weighted by Crippen LogP contribution is -2.48. The summed E-state index contributed by atoms with van der Waals surface area (Å²) in [5.74, 6) is -2.40. The number of hydrogen-bond donors (Lipinski definition) is 1. The van der Waals surface area contributed by atoms with Gasteiger partial charge in [-0.15, -0.1) is 0 Å². The molecule has 1 fully saturated rings. The molecule has 1 saturated heterocycles. The SMILES string of the molecule is CN=C(N)N1CCCC(F)(F)C1. The normalized spacial score (nSPS) is 24.2. The third-order valence-electron chi connectivity index (χ3n) is 1.95. The number of nitrogens with zero attached hydrogens (tertiary/aromatic N) is 2. The number of rotatable bonds is 0. The van der Waals surface area contributed by atoms with Crippen LogP contribution in [0.3, 0.4) is 0 Å². The van der Waals surface area contributed by atoms with Gasteiger partial charge < -0.3 is 10.6 Å². The predicted molar refractivity (Wildman–Crippen MR) is 43.3 cm³/mol. The lowest BCUT2D eigenvalue weighted by atomic mass is 10.1. The summed E-state index contributed by atoms with van der Waals surface area (Å²) in [7, 11) is 1.50. The molecule has 1 aliphatic heterocycles. The molecule has 2 N–H and O–H groups in total. The quantitative estimate of drug-likeness (QED) is 0.436. The maximum absolute atomic E-state index is 12.8. The first-order chi connectivity index (χ1) is 5.55. The molecule has 3 nitrogen and oxygen atoms in total. The molecule has 1 aliphatic rings. The Kier molecular flexibility index (Phi) is 2.49. The topological polar surface area (TPSA) is 41.6 Å². The summed E-state index contributed by atoms with van der Waals surface area (Å²) in [6.45, 7) is 0.287. The minimum Gasteiger partial charge on any atom is -0.370 e. The second-order valence-corrected chi connectivity index (χ2v) is 2.96. The van der Waals surface area contributed by atoms with Crippen molar-refractivity contribution in [3.8, 4) is 0 Å². The first-order valence-electron chi connectivity index (χ1n) is 3.90. The predicted octanol–water partition coefficient (Wildman–Crippen LogP) is 0.662. The van der Waals surface area contributed by atoms with Crippen molar-refractivity contribution < 1.29 is 8.78 Å². The van der Waals surface area contributed by atoms with Crippen LogP contribution in [0.2, 0.25) is 0 Å². The zero-order valence-electron chi connectivity index (χ0n) is 7.06. The highest BCUT2D eigenvalue weighted by molar-refractivity contribution is 5.78. The highest BCUT2D eigenvalue weighted by Gasteiger charge is 2.35. The van der Waals surface area contributed by atoms with E-state index in [1.54, 1.807) is 0 Å². The van der Waals surface area contributed by atoms with Crippen LogP contribution >= 0.6 is 0 Å². The first-order valence-corrected chi connectivity index (χ1v) is 3.90. The molecule has 0 radical (unpaired) electrons. The van der Waals surface area contributed by atoms with Crippen molar-refractivity contribution in [2.45, 2.75) is 18.8 Å². The summed E-state index contributed by atoms with van der Waals surface area (Å²) in [5, 5.41) is 0. The van der Waals surface area contributed by atoms with Crippen molar-refractivity contribution in [1.82, 2.24) is 4.90 Å². The van der Waals surface area contributed by atoms with E-state index in [2.05, 4.69) is 4.99 Å². The second-order valence-electron chi connectivity index (χ2n) is 2.96. The summed E-state index contributed by atoms with van der Waals surface area (Å²) in [6, 6.07) is 0. The van der Waals surface area contributed by atoms with Crippen LogP contribution in [-0.2, 0) is 0 Å². The Balaban J connectivity index is 2.58. The van der Waals surface area contributed by atoms with Gasteiger partial charge in [0.25, 0.3) is 5.92 Å². The Hall–Kier alpha value is -0.870. The lowest BCUT2D eigenvalue weighted by Gasteiger charge is -2.32. The molecule has 0 aromatic heterocycles. The summed E-state index contributed by atoms with van der Waals surface area (Å²) in [5.41, 5.74) is 5.41. The molecule has 0 spiro atoms. The number of alkyl halides is 2. The maximum Gasteiger partial charge on any atom is 0.265 e. The molecule has 1 heterocycles. The fraction of sp³-hybridized carbons (Fsp3) is 0.857. The minimum absolute atomic E-state index is 0.0412. The van der Waals surface area contributed by atoms with E-state index in [4.69, 9.17) is 5.73 Å². The fourth-order valence-corrected chi connectivity index (χ4v) is 1.30. The smallest absolute Gasteiger partial charge is 0.265 e. The third-order valence-corrected chi connectivity index (χ3v) is 1.95. The van der Waals surface area contributed by atoms with Gasteiger partial charge in [0.2, 0.25) is 0 Å². The maximum atomic E-state index is 12.8. The van der Waals surface area contributed by atoms with E-state index in [-0.39, 0.29) is 18.9 Å². The molecule has 0 aromatic rings. The first kappa shape index (κ1) is 9.22. The standard InChI is InChI=1S/C7H13F2N3/c1-11-6(10)12-4-2-3-7(8,9)5-12/h2-5H2,1H3,(H2,10,11). The molecular weight excluding hydrogens is 164 g/mol. The van der Waals surface area contributed by atoms with E-state index >= 15 is 0 Å². The number of halogens is 2. The van der Waals surface area contributed by atoms with Gasteiger partial charge in [-0.2, -0.15) is 0 Å². The highest BCUT2D eigenvalue weighted by atomic mass is 19.3. The summed E-state index contributed by atoms with van der Waals surface area (Å²) in [6.07, 6.45) is 0.434. The van der Waals surface area contributed by atoms with E-state index in [9.17, 15) is 8.78 Å². The number of hydrogen-bond acceptors (Lipinski definition) is 1. The van der Waals surface area contributed by atoms with Gasteiger partial charge in [0.1, 0.15) is 0 Å². The average molecular weight is 177 g/mol. The zero-order valence-corrected chi connectivity index (χ0v) is 7.06. The van der Waals surface area contributed by atoms with E-state index in [0.29, 0.717) is 13.0 Å². The fourth-order valence-electron chi connectivity index (χ4n) is 1.30. The van der Waals surface area contributed by atoms with Gasteiger partial charge >= 0.3 is 0 Å². The summed E-state index contributed by atoms with van der Waals surface area (Å²) in [4.78, 5) is 5.08. The monoisotopic (exact) mass is 177 g/mol. The Labute approximate surface area is 70.2 Å². The Morgan fingerprint density at radius 3 is 2.75 bits per heavy atom. The van der Waals surface area contributed by atoms with Crippen molar-refractivity contribution in [3.63, 3.8) is 0 Å². The van der Waals surface area contributed by atoms with Crippen molar-refractivity contribution in [2.75, 3.05) is 20.1 Å². The van der Waals surface area contributed by atoms with Crippen LogP contribution in [0.1, 0.15) is 12.8 Å². The van der Waals surface area contributed by atoms with Crippen LogP contribution in [0.4, 0.5) is 8.78 Å². The van der Waals surface area contributed by atoms with Gasteiger partial charge in [0, 0.05) is 20.0 Å². The van der Waals surface area contributed by atoms with Crippen molar-refractivity contribution in [3.05, 3.63) is 0 Å². The number of guanidine groups is 1. The van der Waals surface area contributed by atoms with Gasteiger partial charge in [-0.3, -0.25) is 4.99 Å². The molecule has 5 heteroatoms. The van der Waals surface area contributed by atoms with Gasteiger partial charge in [-0.05, 0) is 6.42 Å². The molecule has 0 amide bonds. The Morgan fingerprint density at radius 2 is 2.25 bits per heavy atom. The molecule has 1 rings (SSSR count). The minimum atomic E-state index is -2.60. The highest BCUT2D eigenvalue weighted by Crippen LogP contribution is 2.25. The molecular formula is C7H13F2N3. The van der Waals surface area contributed by atoms with E-state index in [1.807, 2.05) is 0 Å². The van der Waals surface area contributed by atoms with Crippen LogP contribution in [-0.4, -0.2) is 36.9 Å². The average Bonchev–Trinajstić information content (AvgIpc) is 2.01. The van der Waals surface area contributed by atoms with Crippen molar-refractivity contribution in [1.29, 1.82) is 0 Å². The van der Waals surface area contributed by atoms with Crippen LogP contribution in [0.5, 0.6) is 0 Å². The molecule has 0 unspecified atom stereocenters.